The lowest BCUT2D eigenvalue weighted by Crippen LogP contribution is -3.00. The highest BCUT2D eigenvalue weighted by Crippen LogP contribution is 1.52. The summed E-state index contributed by atoms with van der Waals surface area (Å²) in [5, 5.41) is 2.09. The van der Waals surface area contributed by atoms with E-state index in [2.05, 4.69) is 5.32 Å². The Labute approximate surface area is 43.2 Å². The Morgan fingerprint density at radius 2 is 2.14 bits per heavy atom. The third-order valence-electron chi connectivity index (χ3n) is 0.611. The van der Waals surface area contributed by atoms with Crippen LogP contribution >= 0.6 is 0 Å². The molecule has 3 heteroatoms. The van der Waals surface area contributed by atoms with Gasteiger partial charge in [-0.2, -0.15) is 0 Å². The monoisotopic (exact) mass is 109 g/mol. The molecular formula is C4H12FNO. The molecule has 46 valence electrons. The molecule has 0 aliphatic rings. The zero-order chi connectivity index (χ0) is 4.83. The number of likely N-dealkylation sites (N-methyl/N-ethyl adjacent to an activating group) is 1. The second-order valence-electron chi connectivity index (χ2n) is 1.19. The zero-order valence-corrected chi connectivity index (χ0v) is 4.78. The summed E-state index contributed by atoms with van der Waals surface area (Å²) in [4.78, 5) is 0. The number of quaternary nitrogens is 1. The number of hydrogen-bond acceptors (Lipinski definition) is 1. The summed E-state index contributed by atoms with van der Waals surface area (Å²) in [7, 11) is 3.74. The molecule has 0 aromatic heterocycles. The molecule has 0 atom stereocenters. The molecule has 0 aliphatic carbocycles. The molecule has 0 saturated heterocycles. The van der Waals surface area contributed by atoms with Crippen LogP contribution in [0.25, 0.3) is 0 Å². The summed E-state index contributed by atoms with van der Waals surface area (Å²) in [5.74, 6) is 0. The highest BCUT2D eigenvalue weighted by Gasteiger charge is 1.75. The number of hydrogen-bond donors (Lipinski definition) is 1. The van der Waals surface area contributed by atoms with Crippen molar-refractivity contribution in [3.63, 3.8) is 0 Å². The number of halogens is 1. The molecule has 2 nitrogen and oxygen atoms in total. The van der Waals surface area contributed by atoms with Gasteiger partial charge in [0.1, 0.15) is 0 Å². The lowest BCUT2D eigenvalue weighted by Gasteiger charge is -1.89. The number of rotatable bonds is 3. The van der Waals surface area contributed by atoms with Crippen LogP contribution in [0.4, 0.5) is 0 Å². The molecule has 0 amide bonds. The predicted molar refractivity (Wildman–Crippen MR) is 24.6 cm³/mol. The van der Waals surface area contributed by atoms with Crippen molar-refractivity contribution in [2.45, 2.75) is 0 Å². The van der Waals surface area contributed by atoms with E-state index in [0.29, 0.717) is 0 Å². The molecule has 0 aromatic rings. The maximum atomic E-state index is 4.75. The normalized spacial score (nSPS) is 7.71. The minimum atomic E-state index is 0. The summed E-state index contributed by atoms with van der Waals surface area (Å²) >= 11 is 0. The molecule has 0 rings (SSSR count). The van der Waals surface area contributed by atoms with Crippen molar-refractivity contribution in [1.29, 1.82) is 0 Å². The Morgan fingerprint density at radius 3 is 2.29 bits per heavy atom. The van der Waals surface area contributed by atoms with E-state index in [1.165, 1.54) is 0 Å². The van der Waals surface area contributed by atoms with Crippen LogP contribution in [-0.4, -0.2) is 27.3 Å². The predicted octanol–water partition coefficient (Wildman–Crippen LogP) is -4.17. The van der Waals surface area contributed by atoms with Crippen molar-refractivity contribution in [1.82, 2.24) is 0 Å². The van der Waals surface area contributed by atoms with Gasteiger partial charge in [-0.05, 0) is 0 Å². The van der Waals surface area contributed by atoms with Crippen LogP contribution in [0, 0.1) is 0 Å². The van der Waals surface area contributed by atoms with E-state index in [1.807, 2.05) is 7.05 Å². The van der Waals surface area contributed by atoms with Gasteiger partial charge in [0.25, 0.3) is 0 Å². The molecule has 0 fully saturated rings. The molecule has 0 saturated carbocycles. The average Bonchev–Trinajstić information content (AvgIpc) is 1.61. The minimum Gasteiger partial charge on any atom is -1.00 e. The van der Waals surface area contributed by atoms with Crippen molar-refractivity contribution in [2.24, 2.45) is 0 Å². The fourth-order valence-corrected chi connectivity index (χ4v) is 0.236. The molecule has 0 radical (unpaired) electrons. The number of nitrogens with two attached hydrogens (primary N) is 1. The largest absolute Gasteiger partial charge is 1.00 e. The fourth-order valence-electron chi connectivity index (χ4n) is 0.236. The van der Waals surface area contributed by atoms with Crippen LogP contribution in [0.5, 0.6) is 0 Å². The lowest BCUT2D eigenvalue weighted by atomic mass is 10.7. The Bertz CT molecular complexity index is 23.7. The highest BCUT2D eigenvalue weighted by molar-refractivity contribution is 4.12. The first-order chi connectivity index (χ1) is 2.91. The Kier molecular flexibility index (Phi) is 13.2. The molecule has 7 heavy (non-hydrogen) atoms. The molecule has 0 spiro atoms. The van der Waals surface area contributed by atoms with Gasteiger partial charge >= 0.3 is 0 Å². The average molecular weight is 109 g/mol. The van der Waals surface area contributed by atoms with Crippen molar-refractivity contribution >= 4 is 0 Å². The Morgan fingerprint density at radius 1 is 1.57 bits per heavy atom. The molecule has 0 aromatic carbocycles. The van der Waals surface area contributed by atoms with Crippen LogP contribution in [0.2, 0.25) is 0 Å². The van der Waals surface area contributed by atoms with Gasteiger partial charge in [-0.1, -0.05) is 0 Å². The van der Waals surface area contributed by atoms with Crippen molar-refractivity contribution in [3.8, 4) is 0 Å². The van der Waals surface area contributed by atoms with E-state index < -0.39 is 0 Å². The van der Waals surface area contributed by atoms with E-state index in [1.54, 1.807) is 7.11 Å². The molecule has 0 bridgehead atoms. The van der Waals surface area contributed by atoms with Crippen LogP contribution in [0.1, 0.15) is 0 Å². The van der Waals surface area contributed by atoms with E-state index in [9.17, 15) is 0 Å². The second kappa shape index (κ2) is 9.28. The van der Waals surface area contributed by atoms with Gasteiger partial charge in [0.2, 0.25) is 0 Å². The van der Waals surface area contributed by atoms with Gasteiger partial charge in [0.05, 0.1) is 20.2 Å². The molecule has 0 heterocycles. The van der Waals surface area contributed by atoms with Crippen molar-refractivity contribution < 1.29 is 14.8 Å². The first-order valence-corrected chi connectivity index (χ1v) is 2.18. The zero-order valence-electron chi connectivity index (χ0n) is 4.78. The lowest BCUT2D eigenvalue weighted by molar-refractivity contribution is -0.628. The van der Waals surface area contributed by atoms with Gasteiger partial charge in [0, 0.05) is 7.11 Å². The number of ether oxygens (including phenoxy) is 1. The van der Waals surface area contributed by atoms with E-state index >= 15 is 0 Å². The van der Waals surface area contributed by atoms with Gasteiger partial charge in [-0.3, -0.25) is 0 Å². The third-order valence-corrected chi connectivity index (χ3v) is 0.611. The topological polar surface area (TPSA) is 25.8 Å². The molecule has 0 unspecified atom stereocenters. The van der Waals surface area contributed by atoms with Crippen LogP contribution in [-0.2, 0) is 4.74 Å². The smallest absolute Gasteiger partial charge is 0.0990 e. The van der Waals surface area contributed by atoms with Gasteiger partial charge < -0.3 is 14.8 Å². The van der Waals surface area contributed by atoms with Gasteiger partial charge in [-0.25, -0.2) is 0 Å². The van der Waals surface area contributed by atoms with E-state index in [-0.39, 0.29) is 4.70 Å². The maximum absolute atomic E-state index is 4.75. The Balaban J connectivity index is 0. The first kappa shape index (κ1) is 9.97. The quantitative estimate of drug-likeness (QED) is 0.366. The van der Waals surface area contributed by atoms with Crippen LogP contribution < -0.4 is 10.0 Å². The van der Waals surface area contributed by atoms with Crippen molar-refractivity contribution in [3.05, 3.63) is 0 Å². The SMILES string of the molecule is C[NH2+]CCOC.[F-]. The Hall–Kier alpha value is -0.150. The fraction of sp³-hybridized carbons (Fsp3) is 1.00. The minimum absolute atomic E-state index is 0. The van der Waals surface area contributed by atoms with Crippen LogP contribution in [0.3, 0.4) is 0 Å². The van der Waals surface area contributed by atoms with E-state index in [0.717, 1.165) is 13.2 Å². The summed E-state index contributed by atoms with van der Waals surface area (Å²) in [6, 6.07) is 0. The third kappa shape index (κ3) is 10.7. The van der Waals surface area contributed by atoms with Crippen molar-refractivity contribution in [2.75, 3.05) is 27.3 Å². The second-order valence-corrected chi connectivity index (χ2v) is 1.19. The van der Waals surface area contributed by atoms with Crippen LogP contribution in [0.15, 0.2) is 0 Å². The van der Waals surface area contributed by atoms with Gasteiger partial charge in [0.15, 0.2) is 0 Å². The van der Waals surface area contributed by atoms with E-state index in [4.69, 9.17) is 4.74 Å². The first-order valence-electron chi connectivity index (χ1n) is 2.18. The standard InChI is InChI=1S/C4H11NO.FH/c1-5-3-4-6-2;/h5H,3-4H2,1-2H3;1H. The summed E-state index contributed by atoms with van der Waals surface area (Å²) < 4.78 is 4.75. The summed E-state index contributed by atoms with van der Waals surface area (Å²) in [6.45, 7) is 1.92. The highest BCUT2D eigenvalue weighted by atomic mass is 19.0. The van der Waals surface area contributed by atoms with Gasteiger partial charge in [-0.15, -0.1) is 0 Å². The molecule has 0 aliphatic heterocycles. The molecular weight excluding hydrogens is 97.0 g/mol. The summed E-state index contributed by atoms with van der Waals surface area (Å²) in [6.07, 6.45) is 0. The maximum Gasteiger partial charge on any atom is 0.0990 e. The molecule has 2 N–H and O–H groups in total. The number of methoxy groups -OCH3 is 1. The summed E-state index contributed by atoms with van der Waals surface area (Å²) in [5.41, 5.74) is 0.